The van der Waals surface area contributed by atoms with Crippen molar-refractivity contribution in [3.05, 3.63) is 41.4 Å². The lowest BCUT2D eigenvalue weighted by Gasteiger charge is -2.27. The molecule has 1 aliphatic heterocycles. The summed E-state index contributed by atoms with van der Waals surface area (Å²) in [6.45, 7) is 0.796. The SMILES string of the molecule is NCc1ccc(N(C(=O)C2CCCN2C(=O)O)c2nccs2)cc1. The number of rotatable bonds is 4. The van der Waals surface area contributed by atoms with Crippen LogP contribution in [0.15, 0.2) is 35.8 Å². The molecule has 0 spiro atoms. The fourth-order valence-corrected chi connectivity index (χ4v) is 3.51. The molecular formula is C16H18N4O3S. The summed E-state index contributed by atoms with van der Waals surface area (Å²) >= 11 is 1.34. The summed E-state index contributed by atoms with van der Waals surface area (Å²) in [5, 5.41) is 11.6. The number of hydrogen-bond donors (Lipinski definition) is 2. The normalized spacial score (nSPS) is 17.0. The number of thiazole rings is 1. The number of hydrogen-bond acceptors (Lipinski definition) is 5. The molecule has 2 aromatic rings. The predicted molar refractivity (Wildman–Crippen MR) is 91.3 cm³/mol. The van der Waals surface area contributed by atoms with Crippen LogP contribution < -0.4 is 10.6 Å². The second kappa shape index (κ2) is 6.98. The smallest absolute Gasteiger partial charge is 0.407 e. The maximum absolute atomic E-state index is 13.1. The molecule has 2 amide bonds. The number of nitrogens with zero attached hydrogens (tertiary/aromatic N) is 3. The highest BCUT2D eigenvalue weighted by Crippen LogP contribution is 2.31. The zero-order valence-electron chi connectivity index (χ0n) is 13.0. The van der Waals surface area contributed by atoms with Gasteiger partial charge in [-0.25, -0.2) is 9.78 Å². The van der Waals surface area contributed by atoms with Gasteiger partial charge in [0.05, 0.1) is 5.69 Å². The van der Waals surface area contributed by atoms with Gasteiger partial charge in [0.2, 0.25) is 0 Å². The van der Waals surface area contributed by atoms with E-state index in [1.54, 1.807) is 11.6 Å². The highest BCUT2D eigenvalue weighted by atomic mass is 32.1. The Balaban J connectivity index is 1.95. The number of nitrogens with two attached hydrogens (primary N) is 1. The molecule has 1 saturated heterocycles. The first-order chi connectivity index (χ1) is 11.6. The molecule has 2 heterocycles. The number of likely N-dealkylation sites (tertiary alicyclic amines) is 1. The summed E-state index contributed by atoms with van der Waals surface area (Å²) in [4.78, 5) is 31.4. The van der Waals surface area contributed by atoms with Crippen LogP contribution in [0.2, 0.25) is 0 Å². The average molecular weight is 346 g/mol. The lowest BCUT2D eigenvalue weighted by atomic mass is 10.1. The maximum Gasteiger partial charge on any atom is 0.407 e. The quantitative estimate of drug-likeness (QED) is 0.885. The highest BCUT2D eigenvalue weighted by Gasteiger charge is 2.38. The van der Waals surface area contributed by atoms with Crippen molar-refractivity contribution in [3.63, 3.8) is 0 Å². The topological polar surface area (TPSA) is 99.8 Å². The molecule has 1 atom stereocenters. The summed E-state index contributed by atoms with van der Waals surface area (Å²) in [5.41, 5.74) is 7.23. The fourth-order valence-electron chi connectivity index (χ4n) is 2.84. The molecule has 1 aromatic heterocycles. The Morgan fingerprint density at radius 3 is 2.71 bits per heavy atom. The van der Waals surface area contributed by atoms with Gasteiger partial charge >= 0.3 is 6.09 Å². The third-order valence-corrected chi connectivity index (χ3v) is 4.80. The largest absolute Gasteiger partial charge is 0.465 e. The second-order valence-electron chi connectivity index (χ2n) is 5.49. The molecule has 1 aliphatic rings. The summed E-state index contributed by atoms with van der Waals surface area (Å²) in [6, 6.07) is 6.64. The Morgan fingerprint density at radius 2 is 2.12 bits per heavy atom. The van der Waals surface area contributed by atoms with Gasteiger partial charge in [0.1, 0.15) is 6.04 Å². The standard InChI is InChI=1S/C16H18N4O3S/c17-10-11-3-5-12(6-4-11)20(15-18-7-9-24-15)14(21)13-2-1-8-19(13)16(22)23/h3-7,9,13H,1-2,8,10,17H2,(H,22,23). The Hall–Kier alpha value is -2.45. The Labute approximate surface area is 143 Å². The van der Waals surface area contributed by atoms with Crippen LogP contribution in [-0.4, -0.2) is 39.6 Å². The van der Waals surface area contributed by atoms with Crippen LogP contribution in [0.5, 0.6) is 0 Å². The van der Waals surface area contributed by atoms with Gasteiger partial charge in [0, 0.05) is 24.7 Å². The number of carbonyl (C=O) groups is 2. The van der Waals surface area contributed by atoms with Crippen LogP contribution in [0.3, 0.4) is 0 Å². The van der Waals surface area contributed by atoms with Crippen LogP contribution in [0.25, 0.3) is 0 Å². The third kappa shape index (κ3) is 3.10. The van der Waals surface area contributed by atoms with Crippen molar-refractivity contribution in [1.29, 1.82) is 0 Å². The van der Waals surface area contributed by atoms with Gasteiger partial charge in [0.25, 0.3) is 5.91 Å². The van der Waals surface area contributed by atoms with E-state index in [2.05, 4.69) is 4.98 Å². The molecule has 0 aliphatic carbocycles. The zero-order chi connectivity index (χ0) is 17.1. The number of benzene rings is 1. The molecule has 1 aromatic carbocycles. The fraction of sp³-hybridized carbons (Fsp3) is 0.312. The molecule has 7 nitrogen and oxygen atoms in total. The lowest BCUT2D eigenvalue weighted by Crippen LogP contribution is -2.46. The van der Waals surface area contributed by atoms with Crippen LogP contribution in [0.1, 0.15) is 18.4 Å². The minimum absolute atomic E-state index is 0.273. The van der Waals surface area contributed by atoms with Crippen molar-refractivity contribution in [2.24, 2.45) is 5.73 Å². The monoisotopic (exact) mass is 346 g/mol. The van der Waals surface area contributed by atoms with Crippen molar-refractivity contribution < 1.29 is 14.7 Å². The van der Waals surface area contributed by atoms with Crippen molar-refractivity contribution in [1.82, 2.24) is 9.88 Å². The van der Waals surface area contributed by atoms with Crippen LogP contribution in [0, 0.1) is 0 Å². The second-order valence-corrected chi connectivity index (χ2v) is 6.37. The van der Waals surface area contributed by atoms with Crippen LogP contribution >= 0.6 is 11.3 Å². The number of anilines is 2. The van der Waals surface area contributed by atoms with Gasteiger partial charge in [-0.05, 0) is 30.5 Å². The first-order valence-electron chi connectivity index (χ1n) is 7.64. The zero-order valence-corrected chi connectivity index (χ0v) is 13.8. The van der Waals surface area contributed by atoms with E-state index >= 15 is 0 Å². The third-order valence-electron chi connectivity index (χ3n) is 4.04. The van der Waals surface area contributed by atoms with E-state index in [1.165, 1.54) is 21.1 Å². The van der Waals surface area contributed by atoms with E-state index in [0.29, 0.717) is 36.8 Å². The van der Waals surface area contributed by atoms with Gasteiger partial charge in [-0.2, -0.15) is 0 Å². The van der Waals surface area contributed by atoms with E-state index in [9.17, 15) is 14.7 Å². The summed E-state index contributed by atoms with van der Waals surface area (Å²) in [6.07, 6.45) is 1.76. The molecule has 24 heavy (non-hydrogen) atoms. The number of amides is 2. The number of carboxylic acid groups (broad SMARTS) is 1. The van der Waals surface area contributed by atoms with E-state index in [1.807, 2.05) is 24.3 Å². The van der Waals surface area contributed by atoms with E-state index < -0.39 is 12.1 Å². The van der Waals surface area contributed by atoms with Crippen molar-refractivity contribution in [2.75, 3.05) is 11.4 Å². The van der Waals surface area contributed by atoms with Gasteiger partial charge in [-0.1, -0.05) is 12.1 Å². The molecule has 1 unspecified atom stereocenters. The maximum atomic E-state index is 13.1. The van der Waals surface area contributed by atoms with Crippen molar-refractivity contribution in [3.8, 4) is 0 Å². The molecule has 8 heteroatoms. The summed E-state index contributed by atoms with van der Waals surface area (Å²) in [7, 11) is 0. The van der Waals surface area contributed by atoms with Crippen LogP contribution in [-0.2, 0) is 11.3 Å². The van der Waals surface area contributed by atoms with Gasteiger partial charge in [-0.15, -0.1) is 11.3 Å². The van der Waals surface area contributed by atoms with Crippen LogP contribution in [0.4, 0.5) is 15.6 Å². The molecule has 0 bridgehead atoms. The Bertz CT molecular complexity index is 717. The Morgan fingerprint density at radius 1 is 1.38 bits per heavy atom. The van der Waals surface area contributed by atoms with Gasteiger partial charge in [-0.3, -0.25) is 14.6 Å². The summed E-state index contributed by atoms with van der Waals surface area (Å²) < 4.78 is 0. The molecule has 126 valence electrons. The molecule has 1 fully saturated rings. The minimum atomic E-state index is -1.07. The van der Waals surface area contributed by atoms with Gasteiger partial charge < -0.3 is 10.8 Å². The summed E-state index contributed by atoms with van der Waals surface area (Å²) in [5.74, 6) is -0.273. The molecular weight excluding hydrogens is 328 g/mol. The Kier molecular flexibility index (Phi) is 4.77. The molecule has 3 N–H and O–H groups in total. The first-order valence-corrected chi connectivity index (χ1v) is 8.52. The molecule has 0 saturated carbocycles. The van der Waals surface area contributed by atoms with E-state index in [-0.39, 0.29) is 5.91 Å². The van der Waals surface area contributed by atoms with Crippen molar-refractivity contribution in [2.45, 2.75) is 25.4 Å². The lowest BCUT2D eigenvalue weighted by molar-refractivity contribution is -0.121. The number of aromatic nitrogens is 1. The first kappa shape index (κ1) is 16.4. The predicted octanol–water partition coefficient (Wildman–Crippen LogP) is 2.41. The number of carbonyl (C=O) groups excluding carboxylic acids is 1. The molecule has 0 radical (unpaired) electrons. The van der Waals surface area contributed by atoms with E-state index in [0.717, 1.165) is 5.56 Å². The van der Waals surface area contributed by atoms with Crippen molar-refractivity contribution >= 4 is 34.2 Å². The average Bonchev–Trinajstić information content (AvgIpc) is 3.27. The van der Waals surface area contributed by atoms with E-state index in [4.69, 9.17) is 5.73 Å². The molecule has 3 rings (SSSR count). The highest BCUT2D eigenvalue weighted by molar-refractivity contribution is 7.13. The minimum Gasteiger partial charge on any atom is -0.465 e. The van der Waals surface area contributed by atoms with Gasteiger partial charge in [0.15, 0.2) is 5.13 Å².